The molecule has 2 N–H and O–H groups in total. The number of nitrogens with one attached hydrogen (secondary N) is 2. The number of nitrogens with zero attached hydrogens (tertiary/aromatic N) is 1. The zero-order chi connectivity index (χ0) is 21.9. The summed E-state index contributed by atoms with van der Waals surface area (Å²) in [5, 5.41) is 6.04. The molecule has 0 aromatic heterocycles. The molecule has 166 valence electrons. The number of hydrogen-bond acceptors (Lipinski definition) is 4. The quantitative estimate of drug-likeness (QED) is 0.565. The van der Waals surface area contributed by atoms with Gasteiger partial charge in [0.2, 0.25) is 5.91 Å². The van der Waals surface area contributed by atoms with E-state index in [0.29, 0.717) is 18.7 Å². The Bertz CT molecular complexity index is 816. The minimum atomic E-state index is -0.0576. The van der Waals surface area contributed by atoms with E-state index >= 15 is 0 Å². The number of unbranched alkanes of at least 4 members (excludes halogenated alkanes) is 2. The number of benzene rings is 2. The van der Waals surface area contributed by atoms with Gasteiger partial charge in [0.1, 0.15) is 5.75 Å². The summed E-state index contributed by atoms with van der Waals surface area (Å²) in [5.41, 5.74) is 1.46. The van der Waals surface area contributed by atoms with Crippen LogP contribution in [0.3, 0.4) is 0 Å². The predicted octanol–water partition coefficient (Wildman–Crippen LogP) is 4.09. The van der Waals surface area contributed by atoms with Gasteiger partial charge in [0.25, 0.3) is 5.91 Å². The first-order chi connectivity index (χ1) is 15.1. The van der Waals surface area contributed by atoms with E-state index in [1.54, 1.807) is 0 Å². The van der Waals surface area contributed by atoms with Crippen molar-refractivity contribution in [1.82, 2.24) is 10.2 Å². The Labute approximate surface area is 185 Å². The van der Waals surface area contributed by atoms with Crippen LogP contribution in [0, 0.1) is 0 Å². The second-order valence-corrected chi connectivity index (χ2v) is 8.02. The van der Waals surface area contributed by atoms with E-state index in [2.05, 4.69) is 22.5 Å². The van der Waals surface area contributed by atoms with E-state index in [0.717, 1.165) is 50.2 Å². The van der Waals surface area contributed by atoms with Gasteiger partial charge in [-0.15, -0.1) is 0 Å². The number of likely N-dealkylation sites (tertiary alicyclic amines) is 1. The topological polar surface area (TPSA) is 70.7 Å². The first kappa shape index (κ1) is 22.8. The Hall–Kier alpha value is -2.86. The van der Waals surface area contributed by atoms with Crippen molar-refractivity contribution in [2.45, 2.75) is 45.1 Å². The molecule has 2 aromatic rings. The molecular weight excluding hydrogens is 390 g/mol. The van der Waals surface area contributed by atoms with Crippen molar-refractivity contribution in [2.24, 2.45) is 0 Å². The van der Waals surface area contributed by atoms with Crippen LogP contribution in [0.25, 0.3) is 0 Å². The van der Waals surface area contributed by atoms with Crippen molar-refractivity contribution >= 4 is 17.5 Å². The smallest absolute Gasteiger partial charge is 0.251 e. The minimum absolute atomic E-state index is 0.00862. The molecule has 31 heavy (non-hydrogen) atoms. The number of rotatable bonds is 10. The molecule has 2 amide bonds. The number of carbonyl (C=O) groups excluding carboxylic acids is 2. The fourth-order valence-corrected chi connectivity index (χ4v) is 3.67. The summed E-state index contributed by atoms with van der Waals surface area (Å²) in [6.07, 6.45) is 5.05. The van der Waals surface area contributed by atoms with Gasteiger partial charge in [-0.05, 0) is 55.7 Å². The average molecular weight is 424 g/mol. The molecule has 0 aliphatic carbocycles. The largest absolute Gasteiger partial charge is 0.494 e. The fourth-order valence-electron chi connectivity index (χ4n) is 3.67. The number of anilines is 1. The molecule has 0 saturated carbocycles. The van der Waals surface area contributed by atoms with Crippen LogP contribution in [0.1, 0.15) is 49.4 Å². The molecule has 0 unspecified atom stereocenters. The molecule has 3 rings (SSSR count). The van der Waals surface area contributed by atoms with E-state index in [4.69, 9.17) is 4.74 Å². The van der Waals surface area contributed by atoms with Crippen molar-refractivity contribution in [3.8, 4) is 5.75 Å². The van der Waals surface area contributed by atoms with Crippen LogP contribution in [0.5, 0.6) is 5.75 Å². The molecule has 6 nitrogen and oxygen atoms in total. The van der Waals surface area contributed by atoms with Gasteiger partial charge in [0.15, 0.2) is 0 Å². The molecule has 1 aliphatic rings. The van der Waals surface area contributed by atoms with E-state index in [9.17, 15) is 9.59 Å². The van der Waals surface area contributed by atoms with Gasteiger partial charge in [-0.25, -0.2) is 0 Å². The Kier molecular flexibility index (Phi) is 8.91. The zero-order valence-electron chi connectivity index (χ0n) is 18.3. The third-order valence-corrected chi connectivity index (χ3v) is 5.48. The highest BCUT2D eigenvalue weighted by atomic mass is 16.5. The summed E-state index contributed by atoms with van der Waals surface area (Å²) < 4.78 is 5.70. The second-order valence-electron chi connectivity index (χ2n) is 8.02. The summed E-state index contributed by atoms with van der Waals surface area (Å²) in [5.74, 6) is 0.734. The maximum atomic E-state index is 12.6. The number of hydrogen-bond donors (Lipinski definition) is 2. The van der Waals surface area contributed by atoms with Crippen LogP contribution in [0.15, 0.2) is 54.6 Å². The Morgan fingerprint density at radius 3 is 2.39 bits per heavy atom. The molecule has 0 radical (unpaired) electrons. The van der Waals surface area contributed by atoms with E-state index < -0.39 is 0 Å². The van der Waals surface area contributed by atoms with Crippen LogP contribution in [-0.2, 0) is 4.79 Å². The molecule has 0 bridgehead atoms. The number of carbonyl (C=O) groups is 2. The summed E-state index contributed by atoms with van der Waals surface area (Å²) in [6.45, 7) is 4.83. The lowest BCUT2D eigenvalue weighted by molar-refractivity contribution is -0.117. The summed E-state index contributed by atoms with van der Waals surface area (Å²) >= 11 is 0. The molecule has 0 spiro atoms. The normalized spacial score (nSPS) is 14.7. The third kappa shape index (κ3) is 7.72. The molecule has 1 heterocycles. The molecular formula is C25H33N3O3. The number of ether oxygens (including phenoxy) is 1. The maximum absolute atomic E-state index is 12.6. The van der Waals surface area contributed by atoms with Gasteiger partial charge in [-0.3, -0.25) is 14.5 Å². The first-order valence-electron chi connectivity index (χ1n) is 11.2. The van der Waals surface area contributed by atoms with Crippen LogP contribution in [0.4, 0.5) is 5.69 Å². The summed E-state index contributed by atoms with van der Waals surface area (Å²) in [6, 6.07) is 17.0. The SMILES string of the molecule is CCCCCOc1ccc(C(=O)NC2CCN(CC(=O)Nc3ccccc3)CC2)cc1. The number of amides is 2. The lowest BCUT2D eigenvalue weighted by Crippen LogP contribution is -2.46. The molecule has 2 aromatic carbocycles. The van der Waals surface area contributed by atoms with Crippen molar-refractivity contribution in [3.05, 3.63) is 60.2 Å². The van der Waals surface area contributed by atoms with E-state index in [1.807, 2.05) is 54.6 Å². The third-order valence-electron chi connectivity index (χ3n) is 5.48. The van der Waals surface area contributed by atoms with Crippen LogP contribution in [0.2, 0.25) is 0 Å². The van der Waals surface area contributed by atoms with Gasteiger partial charge in [-0.2, -0.15) is 0 Å². The molecule has 1 saturated heterocycles. The monoisotopic (exact) mass is 423 g/mol. The zero-order valence-corrected chi connectivity index (χ0v) is 18.3. The van der Waals surface area contributed by atoms with Crippen molar-refractivity contribution in [3.63, 3.8) is 0 Å². The van der Waals surface area contributed by atoms with Gasteiger partial charge >= 0.3 is 0 Å². The van der Waals surface area contributed by atoms with Crippen molar-refractivity contribution in [1.29, 1.82) is 0 Å². The molecule has 6 heteroatoms. The first-order valence-corrected chi connectivity index (χ1v) is 11.2. The van der Waals surface area contributed by atoms with Crippen LogP contribution < -0.4 is 15.4 Å². The highest BCUT2D eigenvalue weighted by molar-refractivity contribution is 5.94. The van der Waals surface area contributed by atoms with Gasteiger partial charge < -0.3 is 15.4 Å². The maximum Gasteiger partial charge on any atom is 0.251 e. The Morgan fingerprint density at radius 2 is 1.71 bits per heavy atom. The molecule has 0 atom stereocenters. The highest BCUT2D eigenvalue weighted by Gasteiger charge is 2.22. The van der Waals surface area contributed by atoms with Crippen molar-refractivity contribution in [2.75, 3.05) is 31.6 Å². The molecule has 1 fully saturated rings. The summed E-state index contributed by atoms with van der Waals surface area (Å²) in [4.78, 5) is 26.9. The second kappa shape index (κ2) is 12.1. The van der Waals surface area contributed by atoms with Crippen LogP contribution in [-0.4, -0.2) is 49.0 Å². The highest BCUT2D eigenvalue weighted by Crippen LogP contribution is 2.15. The average Bonchev–Trinajstić information content (AvgIpc) is 2.79. The number of piperidine rings is 1. The number of para-hydroxylation sites is 1. The van der Waals surface area contributed by atoms with Crippen LogP contribution >= 0.6 is 0 Å². The Balaban J connectivity index is 1.37. The van der Waals surface area contributed by atoms with Gasteiger partial charge in [0.05, 0.1) is 13.2 Å². The lowest BCUT2D eigenvalue weighted by atomic mass is 10.0. The van der Waals surface area contributed by atoms with Gasteiger partial charge in [0, 0.05) is 30.4 Å². The summed E-state index contributed by atoms with van der Waals surface area (Å²) in [7, 11) is 0. The standard InChI is InChI=1S/C25H33N3O3/c1-2-3-7-18-31-23-12-10-20(11-13-23)25(30)27-22-14-16-28(17-15-22)19-24(29)26-21-8-5-4-6-9-21/h4-6,8-13,22H,2-3,7,14-19H2,1H3,(H,26,29)(H,27,30). The van der Waals surface area contributed by atoms with E-state index in [1.165, 1.54) is 6.42 Å². The molecule has 1 aliphatic heterocycles. The fraction of sp³-hybridized carbons (Fsp3) is 0.440. The predicted molar refractivity (Wildman–Crippen MR) is 123 cm³/mol. The lowest BCUT2D eigenvalue weighted by Gasteiger charge is -2.31. The minimum Gasteiger partial charge on any atom is -0.494 e. The van der Waals surface area contributed by atoms with Crippen molar-refractivity contribution < 1.29 is 14.3 Å². The van der Waals surface area contributed by atoms with E-state index in [-0.39, 0.29) is 17.9 Å². The Morgan fingerprint density at radius 1 is 1.00 bits per heavy atom. The van der Waals surface area contributed by atoms with Gasteiger partial charge in [-0.1, -0.05) is 38.0 Å².